The molecular formula is C12H23N2O2+. The van der Waals surface area contributed by atoms with E-state index in [1.165, 1.54) is 0 Å². The van der Waals surface area contributed by atoms with Crippen molar-refractivity contribution in [3.05, 3.63) is 4.91 Å². The van der Waals surface area contributed by atoms with Gasteiger partial charge in [0.25, 0.3) is 0 Å². The summed E-state index contributed by atoms with van der Waals surface area (Å²) in [7, 11) is 3.78. The van der Waals surface area contributed by atoms with E-state index in [1.807, 2.05) is 0 Å². The molecule has 2 saturated heterocycles. The fourth-order valence-electron chi connectivity index (χ4n) is 3.03. The molecule has 0 amide bonds. The molecule has 0 aliphatic carbocycles. The Labute approximate surface area is 97.5 Å². The fraction of sp³-hybridized carbons (Fsp3) is 1.00. The Balaban J connectivity index is 2.06. The highest BCUT2D eigenvalue weighted by Gasteiger charge is 2.52. The molecule has 4 heteroatoms. The molecule has 2 rings (SSSR count). The maximum atomic E-state index is 11.5. The van der Waals surface area contributed by atoms with Crippen molar-refractivity contribution in [1.82, 2.24) is 4.90 Å². The molecule has 92 valence electrons. The van der Waals surface area contributed by atoms with E-state index in [0.717, 1.165) is 43.5 Å². The first-order chi connectivity index (χ1) is 7.56. The van der Waals surface area contributed by atoms with Crippen LogP contribution >= 0.6 is 0 Å². The van der Waals surface area contributed by atoms with Crippen LogP contribution in [0, 0.1) is 4.91 Å². The third-order valence-corrected chi connectivity index (χ3v) is 4.18. The molecule has 0 aromatic carbocycles. The van der Waals surface area contributed by atoms with Gasteiger partial charge >= 0.3 is 0 Å². The van der Waals surface area contributed by atoms with Gasteiger partial charge in [-0.1, -0.05) is 6.92 Å². The first-order valence-corrected chi connectivity index (χ1v) is 6.33. The van der Waals surface area contributed by atoms with E-state index in [0.29, 0.717) is 0 Å². The fourth-order valence-corrected chi connectivity index (χ4v) is 3.03. The van der Waals surface area contributed by atoms with Crippen LogP contribution in [-0.2, 0) is 4.74 Å². The zero-order chi connectivity index (χ0) is 11.8. The van der Waals surface area contributed by atoms with Crippen LogP contribution in [0.5, 0.6) is 0 Å². The Morgan fingerprint density at radius 1 is 1.44 bits per heavy atom. The Kier molecular flexibility index (Phi) is 3.31. The summed E-state index contributed by atoms with van der Waals surface area (Å²) in [6.07, 6.45) is 4.13. The Hall–Kier alpha value is -0.480. The lowest BCUT2D eigenvalue weighted by Crippen LogP contribution is -2.43. The molecule has 2 atom stereocenters. The van der Waals surface area contributed by atoms with E-state index < -0.39 is 0 Å². The molecule has 16 heavy (non-hydrogen) atoms. The standard InChI is InChI=1S/C12H23N2O2/c1-4-11-10(14(3)15)9-12(16-11)5-7-13(2)8-6-12/h10-11H,4-9H2,1-3H3/q+1. The molecule has 2 fully saturated rings. The summed E-state index contributed by atoms with van der Waals surface area (Å²) in [5.41, 5.74) is -0.00345. The number of hydrogen-bond acceptors (Lipinski definition) is 3. The van der Waals surface area contributed by atoms with Crippen LogP contribution in [0.1, 0.15) is 32.6 Å². The maximum absolute atomic E-state index is 11.5. The Morgan fingerprint density at radius 3 is 2.50 bits per heavy atom. The van der Waals surface area contributed by atoms with Gasteiger partial charge in [0, 0.05) is 29.2 Å². The minimum atomic E-state index is -0.00345. The van der Waals surface area contributed by atoms with Crippen LogP contribution in [0.25, 0.3) is 0 Å². The molecule has 0 N–H and O–H groups in total. The second-order valence-electron chi connectivity index (χ2n) is 5.37. The number of piperidine rings is 1. The smallest absolute Gasteiger partial charge is 0.229 e. The summed E-state index contributed by atoms with van der Waals surface area (Å²) in [5, 5.41) is 0. The van der Waals surface area contributed by atoms with Gasteiger partial charge in [-0.25, -0.2) is 0 Å². The van der Waals surface area contributed by atoms with Gasteiger partial charge in [0.15, 0.2) is 7.05 Å². The van der Waals surface area contributed by atoms with Gasteiger partial charge in [-0.3, -0.25) is 0 Å². The Bertz CT molecular complexity index is 272. The van der Waals surface area contributed by atoms with Gasteiger partial charge in [-0.05, 0) is 26.3 Å². The second-order valence-corrected chi connectivity index (χ2v) is 5.37. The minimum Gasteiger partial charge on any atom is -0.364 e. The molecule has 1 spiro atoms. The van der Waals surface area contributed by atoms with Crippen LogP contribution in [0.2, 0.25) is 0 Å². The quantitative estimate of drug-likeness (QED) is 0.669. The zero-order valence-electron chi connectivity index (χ0n) is 10.6. The number of nitroso groups, excluding NO2 is 1. The molecule has 0 radical (unpaired) electrons. The van der Waals surface area contributed by atoms with Crippen molar-refractivity contribution in [2.45, 2.75) is 50.4 Å². The highest BCUT2D eigenvalue weighted by atomic mass is 16.5. The number of likely N-dealkylation sites (tertiary alicyclic amines) is 1. The van der Waals surface area contributed by atoms with Crippen molar-refractivity contribution in [2.75, 3.05) is 27.2 Å². The summed E-state index contributed by atoms with van der Waals surface area (Å²) in [6, 6.07) is 0.0633. The molecule has 4 nitrogen and oxygen atoms in total. The topological polar surface area (TPSA) is 32.5 Å². The minimum absolute atomic E-state index is 0.00345. The predicted octanol–water partition coefficient (Wildman–Crippen LogP) is 1.43. The molecule has 2 aliphatic heterocycles. The van der Waals surface area contributed by atoms with Crippen LogP contribution in [-0.4, -0.2) is 54.6 Å². The van der Waals surface area contributed by atoms with Crippen molar-refractivity contribution >= 4 is 0 Å². The molecule has 2 heterocycles. The van der Waals surface area contributed by atoms with Crippen molar-refractivity contribution in [3.8, 4) is 0 Å². The predicted molar refractivity (Wildman–Crippen MR) is 62.6 cm³/mol. The number of ether oxygens (including phenoxy) is 1. The van der Waals surface area contributed by atoms with Gasteiger partial charge in [0.05, 0.1) is 5.60 Å². The summed E-state index contributed by atoms with van der Waals surface area (Å²) in [5.74, 6) is 0. The molecule has 0 aromatic rings. The SMILES string of the molecule is CCC1OC2(CCN(C)CC2)CC1[N+](C)=O. The molecule has 2 unspecified atom stereocenters. The summed E-state index contributed by atoms with van der Waals surface area (Å²) >= 11 is 0. The molecule has 0 saturated carbocycles. The monoisotopic (exact) mass is 227 g/mol. The third kappa shape index (κ3) is 2.13. The van der Waals surface area contributed by atoms with E-state index in [1.54, 1.807) is 7.05 Å². The highest BCUT2D eigenvalue weighted by Crippen LogP contribution is 2.40. The number of hydrogen-bond donors (Lipinski definition) is 0. The zero-order valence-corrected chi connectivity index (χ0v) is 10.6. The van der Waals surface area contributed by atoms with Crippen LogP contribution in [0.15, 0.2) is 0 Å². The number of likely N-dealkylation sites (N-methyl/N-ethyl adjacent to an activating group) is 1. The molecular weight excluding hydrogens is 204 g/mol. The number of rotatable bonds is 2. The number of nitrogens with zero attached hydrogens (tertiary/aromatic N) is 2. The highest BCUT2D eigenvalue weighted by molar-refractivity contribution is 4.96. The van der Waals surface area contributed by atoms with Gasteiger partial charge in [-0.15, -0.1) is 0 Å². The van der Waals surface area contributed by atoms with E-state index in [4.69, 9.17) is 4.74 Å². The van der Waals surface area contributed by atoms with E-state index in [-0.39, 0.29) is 17.7 Å². The lowest BCUT2D eigenvalue weighted by Gasteiger charge is -2.36. The lowest BCUT2D eigenvalue weighted by molar-refractivity contribution is -0.562. The molecule has 0 bridgehead atoms. The van der Waals surface area contributed by atoms with Gasteiger partial charge in [0.1, 0.15) is 6.10 Å². The van der Waals surface area contributed by atoms with Gasteiger partial charge in [-0.2, -0.15) is 0 Å². The average Bonchev–Trinajstić information content (AvgIpc) is 2.63. The summed E-state index contributed by atoms with van der Waals surface area (Å²) in [4.78, 5) is 13.9. The van der Waals surface area contributed by atoms with Gasteiger partial charge in [0.2, 0.25) is 6.04 Å². The maximum Gasteiger partial charge on any atom is 0.229 e. The van der Waals surface area contributed by atoms with Crippen molar-refractivity contribution in [2.24, 2.45) is 0 Å². The molecule has 2 aliphatic rings. The van der Waals surface area contributed by atoms with Gasteiger partial charge < -0.3 is 9.64 Å². The Morgan fingerprint density at radius 2 is 2.06 bits per heavy atom. The average molecular weight is 227 g/mol. The van der Waals surface area contributed by atoms with Crippen molar-refractivity contribution < 1.29 is 9.50 Å². The van der Waals surface area contributed by atoms with Crippen LogP contribution in [0.4, 0.5) is 0 Å². The normalized spacial score (nSPS) is 34.4. The first kappa shape index (κ1) is 12.0. The van der Waals surface area contributed by atoms with E-state index in [9.17, 15) is 4.91 Å². The molecule has 0 aromatic heterocycles. The van der Waals surface area contributed by atoms with Crippen LogP contribution in [0.3, 0.4) is 0 Å². The van der Waals surface area contributed by atoms with Crippen molar-refractivity contribution in [1.29, 1.82) is 0 Å². The van der Waals surface area contributed by atoms with E-state index >= 15 is 0 Å². The third-order valence-electron chi connectivity index (χ3n) is 4.18. The largest absolute Gasteiger partial charge is 0.364 e. The summed E-state index contributed by atoms with van der Waals surface area (Å²) < 4.78 is 7.29. The summed E-state index contributed by atoms with van der Waals surface area (Å²) in [6.45, 7) is 4.28. The lowest BCUT2D eigenvalue weighted by atomic mass is 9.87. The first-order valence-electron chi connectivity index (χ1n) is 6.33. The van der Waals surface area contributed by atoms with Crippen LogP contribution < -0.4 is 0 Å². The second kappa shape index (κ2) is 4.41. The van der Waals surface area contributed by atoms with Crippen molar-refractivity contribution in [3.63, 3.8) is 0 Å². The van der Waals surface area contributed by atoms with E-state index in [2.05, 4.69) is 18.9 Å².